The summed E-state index contributed by atoms with van der Waals surface area (Å²) in [7, 11) is 0. The van der Waals surface area contributed by atoms with Gasteiger partial charge in [-0.15, -0.1) is 0 Å². The van der Waals surface area contributed by atoms with Crippen molar-refractivity contribution in [1.29, 1.82) is 0 Å². The van der Waals surface area contributed by atoms with Gasteiger partial charge in [0.05, 0.1) is 11.9 Å². The summed E-state index contributed by atoms with van der Waals surface area (Å²) in [4.78, 5) is 11.1. The van der Waals surface area contributed by atoms with Gasteiger partial charge in [0.25, 0.3) is 5.56 Å². The molecule has 14 heavy (non-hydrogen) atoms. The lowest BCUT2D eigenvalue weighted by Gasteiger charge is -2.13. The van der Waals surface area contributed by atoms with Crippen LogP contribution in [0.2, 0.25) is 5.02 Å². The van der Waals surface area contributed by atoms with Crippen LogP contribution in [0.4, 0.5) is 5.69 Å². The van der Waals surface area contributed by atoms with E-state index in [0.717, 1.165) is 12.8 Å². The Kier molecular flexibility index (Phi) is 2.54. The van der Waals surface area contributed by atoms with Gasteiger partial charge in [-0.25, -0.2) is 5.10 Å². The first kappa shape index (κ1) is 9.27. The zero-order chi connectivity index (χ0) is 9.97. The fraction of sp³-hybridized carbons (Fsp3) is 0.333. The number of H-pyrrole nitrogens is 1. The summed E-state index contributed by atoms with van der Waals surface area (Å²) in [5.41, 5.74) is 0.242. The lowest BCUT2D eigenvalue weighted by Crippen LogP contribution is -2.18. The van der Waals surface area contributed by atoms with Gasteiger partial charge in [-0.3, -0.25) is 4.79 Å². The molecule has 2 N–H and O–H groups in total. The molecule has 1 aliphatic carbocycles. The van der Waals surface area contributed by atoms with Crippen molar-refractivity contribution in [3.05, 3.63) is 33.7 Å². The maximum atomic E-state index is 11.1. The average molecular weight is 212 g/mol. The van der Waals surface area contributed by atoms with E-state index in [-0.39, 0.29) is 10.6 Å². The molecule has 4 nitrogen and oxygen atoms in total. The quantitative estimate of drug-likeness (QED) is 0.730. The van der Waals surface area contributed by atoms with Gasteiger partial charge >= 0.3 is 0 Å². The highest BCUT2D eigenvalue weighted by Crippen LogP contribution is 2.20. The van der Waals surface area contributed by atoms with E-state index in [1.54, 1.807) is 0 Å². The number of aromatic nitrogens is 2. The Hall–Kier alpha value is -1.29. The van der Waals surface area contributed by atoms with Crippen LogP contribution in [-0.4, -0.2) is 16.2 Å². The third-order valence-corrected chi connectivity index (χ3v) is 2.54. The lowest BCUT2D eigenvalue weighted by molar-refractivity contribution is 0.783. The SMILES string of the molecule is O=c1[nH]ncc(NC2CC=CC2)c1Cl. The highest BCUT2D eigenvalue weighted by molar-refractivity contribution is 6.32. The maximum Gasteiger partial charge on any atom is 0.285 e. The van der Waals surface area contributed by atoms with Crippen molar-refractivity contribution in [2.45, 2.75) is 18.9 Å². The van der Waals surface area contributed by atoms with E-state index in [0.29, 0.717) is 11.7 Å². The van der Waals surface area contributed by atoms with Crippen LogP contribution in [0.15, 0.2) is 23.1 Å². The summed E-state index contributed by atoms with van der Waals surface area (Å²) in [5, 5.41) is 9.30. The number of anilines is 1. The zero-order valence-corrected chi connectivity index (χ0v) is 8.21. The summed E-state index contributed by atoms with van der Waals surface area (Å²) in [6.45, 7) is 0. The van der Waals surface area contributed by atoms with Gasteiger partial charge < -0.3 is 5.32 Å². The van der Waals surface area contributed by atoms with Gasteiger partial charge in [0.15, 0.2) is 0 Å². The van der Waals surface area contributed by atoms with Crippen LogP contribution in [0.3, 0.4) is 0 Å². The van der Waals surface area contributed by atoms with Crippen molar-refractivity contribution in [2.24, 2.45) is 0 Å². The van der Waals surface area contributed by atoms with Crippen LogP contribution in [0.1, 0.15) is 12.8 Å². The molecule has 1 aromatic rings. The van der Waals surface area contributed by atoms with E-state index in [2.05, 4.69) is 27.7 Å². The van der Waals surface area contributed by atoms with Crippen molar-refractivity contribution in [2.75, 3.05) is 5.32 Å². The van der Waals surface area contributed by atoms with Crippen LogP contribution < -0.4 is 10.9 Å². The van der Waals surface area contributed by atoms with Crippen molar-refractivity contribution in [3.63, 3.8) is 0 Å². The zero-order valence-electron chi connectivity index (χ0n) is 7.46. The third kappa shape index (κ3) is 1.80. The standard InChI is InChI=1S/C9H10ClN3O/c10-8-7(5-11-13-9(8)14)12-6-3-1-2-4-6/h1-2,5-6H,3-4H2,(H2,12,13,14). The Labute approximate surface area is 86.0 Å². The van der Waals surface area contributed by atoms with Crippen LogP contribution in [0.25, 0.3) is 0 Å². The van der Waals surface area contributed by atoms with Gasteiger partial charge in [0.2, 0.25) is 0 Å². The molecule has 0 aromatic carbocycles. The number of hydrogen-bond donors (Lipinski definition) is 2. The minimum absolute atomic E-state index is 0.173. The van der Waals surface area contributed by atoms with Crippen molar-refractivity contribution < 1.29 is 0 Å². The predicted molar refractivity (Wildman–Crippen MR) is 55.7 cm³/mol. The number of nitrogens with one attached hydrogen (secondary N) is 2. The molecule has 0 saturated heterocycles. The van der Waals surface area contributed by atoms with E-state index >= 15 is 0 Å². The molecular weight excluding hydrogens is 202 g/mol. The first-order valence-electron chi connectivity index (χ1n) is 4.42. The molecule has 1 aliphatic rings. The normalized spacial score (nSPS) is 16.1. The molecule has 0 saturated carbocycles. The molecule has 1 aromatic heterocycles. The molecule has 0 radical (unpaired) electrons. The predicted octanol–water partition coefficient (Wildman–Crippen LogP) is 1.55. The fourth-order valence-electron chi connectivity index (χ4n) is 1.44. The summed E-state index contributed by atoms with van der Waals surface area (Å²) < 4.78 is 0. The summed E-state index contributed by atoms with van der Waals surface area (Å²) in [5.74, 6) is 0. The van der Waals surface area contributed by atoms with Gasteiger partial charge in [0.1, 0.15) is 5.02 Å². The van der Waals surface area contributed by atoms with E-state index in [1.807, 2.05) is 0 Å². The second-order valence-corrected chi connectivity index (χ2v) is 3.59. The van der Waals surface area contributed by atoms with Gasteiger partial charge in [-0.2, -0.15) is 5.10 Å². The van der Waals surface area contributed by atoms with Crippen molar-refractivity contribution in [1.82, 2.24) is 10.2 Å². The number of rotatable bonds is 2. The van der Waals surface area contributed by atoms with E-state index in [1.165, 1.54) is 6.20 Å². The summed E-state index contributed by atoms with van der Waals surface area (Å²) in [6.07, 6.45) is 7.66. The van der Waals surface area contributed by atoms with Crippen LogP contribution >= 0.6 is 11.6 Å². The fourth-order valence-corrected chi connectivity index (χ4v) is 1.58. The second kappa shape index (κ2) is 3.84. The number of aromatic amines is 1. The molecule has 2 rings (SSSR count). The first-order valence-corrected chi connectivity index (χ1v) is 4.80. The van der Waals surface area contributed by atoms with Gasteiger partial charge in [0, 0.05) is 6.04 Å². The molecular formula is C9H10ClN3O. The Morgan fingerprint density at radius 1 is 1.50 bits per heavy atom. The minimum Gasteiger partial charge on any atom is -0.379 e. The first-order chi connectivity index (χ1) is 6.77. The molecule has 0 aliphatic heterocycles. The molecule has 0 atom stereocenters. The molecule has 0 amide bonds. The van der Waals surface area contributed by atoms with Crippen LogP contribution in [-0.2, 0) is 0 Å². The lowest BCUT2D eigenvalue weighted by atomic mass is 10.2. The molecule has 0 bridgehead atoms. The molecule has 5 heteroatoms. The van der Waals surface area contributed by atoms with E-state index in [9.17, 15) is 4.79 Å². The third-order valence-electron chi connectivity index (χ3n) is 2.16. The number of halogens is 1. The highest BCUT2D eigenvalue weighted by Gasteiger charge is 2.12. The molecule has 0 unspecified atom stereocenters. The second-order valence-electron chi connectivity index (χ2n) is 3.21. The number of hydrogen-bond acceptors (Lipinski definition) is 3. The topological polar surface area (TPSA) is 57.8 Å². The van der Waals surface area contributed by atoms with Crippen molar-refractivity contribution in [3.8, 4) is 0 Å². The van der Waals surface area contributed by atoms with E-state index < -0.39 is 0 Å². The maximum absolute atomic E-state index is 11.1. The van der Waals surface area contributed by atoms with E-state index in [4.69, 9.17) is 11.6 Å². The molecule has 0 spiro atoms. The Morgan fingerprint density at radius 3 is 2.93 bits per heavy atom. The smallest absolute Gasteiger partial charge is 0.285 e. The Bertz CT molecular complexity index is 405. The largest absolute Gasteiger partial charge is 0.379 e. The van der Waals surface area contributed by atoms with Crippen LogP contribution in [0.5, 0.6) is 0 Å². The highest BCUT2D eigenvalue weighted by atomic mass is 35.5. The Morgan fingerprint density at radius 2 is 2.21 bits per heavy atom. The van der Waals surface area contributed by atoms with Gasteiger partial charge in [-0.1, -0.05) is 23.8 Å². The summed E-state index contributed by atoms with van der Waals surface area (Å²) in [6, 6.07) is 0.330. The van der Waals surface area contributed by atoms with Crippen molar-refractivity contribution >= 4 is 17.3 Å². The average Bonchev–Trinajstić information content (AvgIpc) is 2.66. The molecule has 0 fully saturated rings. The minimum atomic E-state index is -0.359. The molecule has 1 heterocycles. The van der Waals surface area contributed by atoms with Crippen LogP contribution in [0, 0.1) is 0 Å². The molecule has 74 valence electrons. The monoisotopic (exact) mass is 211 g/mol. The number of nitrogens with zero attached hydrogens (tertiary/aromatic N) is 1. The Balaban J connectivity index is 2.16. The van der Waals surface area contributed by atoms with Gasteiger partial charge in [-0.05, 0) is 12.8 Å². The summed E-state index contributed by atoms with van der Waals surface area (Å²) >= 11 is 5.80.